The highest BCUT2D eigenvalue weighted by Gasteiger charge is 2.20. The fourth-order valence-corrected chi connectivity index (χ4v) is 4.53. The smallest absolute Gasteiger partial charge is 0.145 e. The Hall–Kier alpha value is -4.13. The van der Waals surface area contributed by atoms with Crippen molar-refractivity contribution in [1.82, 2.24) is 19.9 Å². The van der Waals surface area contributed by atoms with Gasteiger partial charge in [-0.3, -0.25) is 0 Å². The Labute approximate surface area is 191 Å². The Kier molecular flexibility index (Phi) is 4.61. The molecule has 0 bridgehead atoms. The molecule has 3 heterocycles. The average molecular weight is 438 g/mol. The second-order valence-electron chi connectivity index (χ2n) is 8.20. The zero-order valence-corrected chi connectivity index (χ0v) is 18.5. The van der Waals surface area contributed by atoms with Crippen LogP contribution in [0.25, 0.3) is 33.1 Å². The molecule has 5 aromatic rings. The topological polar surface area (TPSA) is 76.2 Å². The van der Waals surface area contributed by atoms with Crippen LogP contribution in [0, 0.1) is 6.92 Å². The lowest BCUT2D eigenvalue weighted by atomic mass is 10.0. The van der Waals surface area contributed by atoms with Crippen molar-refractivity contribution >= 4 is 27.8 Å². The molecule has 6 rings (SSSR count). The molecular weight excluding hydrogens is 414 g/mol. The van der Waals surface area contributed by atoms with Crippen LogP contribution in [-0.2, 0) is 6.54 Å². The van der Waals surface area contributed by atoms with E-state index < -0.39 is 0 Å². The van der Waals surface area contributed by atoms with E-state index in [0.29, 0.717) is 13.2 Å². The monoisotopic (exact) mass is 437 g/mol. The van der Waals surface area contributed by atoms with Crippen molar-refractivity contribution in [2.75, 3.05) is 25.2 Å². The van der Waals surface area contributed by atoms with Crippen LogP contribution >= 0.6 is 0 Å². The molecule has 0 saturated heterocycles. The highest BCUT2D eigenvalue weighted by Crippen LogP contribution is 2.34. The molecule has 0 fully saturated rings. The van der Waals surface area contributed by atoms with E-state index in [-0.39, 0.29) is 0 Å². The quantitative estimate of drug-likeness (QED) is 0.433. The van der Waals surface area contributed by atoms with Gasteiger partial charge in [0.1, 0.15) is 41.6 Å². The maximum absolute atomic E-state index is 6.10. The van der Waals surface area contributed by atoms with Crippen LogP contribution in [-0.4, -0.2) is 40.2 Å². The molecule has 1 N–H and O–H groups in total. The number of para-hydroxylation sites is 1. The number of ether oxygens (including phenoxy) is 2. The van der Waals surface area contributed by atoms with Gasteiger partial charge < -0.3 is 19.4 Å². The summed E-state index contributed by atoms with van der Waals surface area (Å²) >= 11 is 0. The van der Waals surface area contributed by atoms with Crippen molar-refractivity contribution in [3.8, 4) is 22.6 Å². The summed E-state index contributed by atoms with van der Waals surface area (Å²) in [6.45, 7) is 3.98. The summed E-state index contributed by atoms with van der Waals surface area (Å²) in [5, 5.41) is 0.969. The van der Waals surface area contributed by atoms with Gasteiger partial charge >= 0.3 is 0 Å². The second-order valence-corrected chi connectivity index (χ2v) is 8.20. The molecule has 0 amide bonds. The van der Waals surface area contributed by atoms with Crippen molar-refractivity contribution < 1.29 is 9.47 Å². The van der Waals surface area contributed by atoms with Crippen LogP contribution in [0.3, 0.4) is 0 Å². The molecule has 0 spiro atoms. The van der Waals surface area contributed by atoms with Crippen molar-refractivity contribution in [3.63, 3.8) is 0 Å². The Morgan fingerprint density at radius 2 is 1.91 bits per heavy atom. The summed E-state index contributed by atoms with van der Waals surface area (Å²) in [6.07, 6.45) is 1.60. The molecule has 33 heavy (non-hydrogen) atoms. The lowest BCUT2D eigenvalue weighted by Crippen LogP contribution is -2.26. The first-order valence-corrected chi connectivity index (χ1v) is 10.9. The second kappa shape index (κ2) is 7.78. The first-order valence-electron chi connectivity index (χ1n) is 10.9. The molecule has 0 saturated carbocycles. The Morgan fingerprint density at radius 1 is 1.03 bits per heavy atom. The SMILES string of the molecule is COc1cccc2c(N3CCOc4ccc(-c5ccc6nc(C)[nH]c6c5)cc4C3)ncnc12. The van der Waals surface area contributed by atoms with E-state index in [1.54, 1.807) is 13.4 Å². The number of imidazole rings is 1. The van der Waals surface area contributed by atoms with Crippen molar-refractivity contribution in [2.45, 2.75) is 13.5 Å². The number of H-pyrrole nitrogens is 1. The molecule has 1 aliphatic heterocycles. The van der Waals surface area contributed by atoms with Gasteiger partial charge in [-0.25, -0.2) is 15.0 Å². The summed E-state index contributed by atoms with van der Waals surface area (Å²) < 4.78 is 11.6. The third-order valence-corrected chi connectivity index (χ3v) is 6.10. The predicted octanol–water partition coefficient (Wildman–Crippen LogP) is 4.89. The van der Waals surface area contributed by atoms with Gasteiger partial charge in [0.15, 0.2) is 0 Å². The Bertz CT molecular complexity index is 1490. The Balaban J connectivity index is 1.39. The van der Waals surface area contributed by atoms with Gasteiger partial charge in [-0.1, -0.05) is 18.2 Å². The molecule has 3 aromatic carbocycles. The lowest BCUT2D eigenvalue weighted by Gasteiger charge is -2.22. The normalized spacial score (nSPS) is 13.6. The molecular formula is C26H23N5O2. The van der Waals surface area contributed by atoms with E-state index in [1.807, 2.05) is 25.1 Å². The zero-order valence-electron chi connectivity index (χ0n) is 18.5. The fourth-order valence-electron chi connectivity index (χ4n) is 4.53. The van der Waals surface area contributed by atoms with E-state index >= 15 is 0 Å². The largest absolute Gasteiger partial charge is 0.494 e. The molecule has 0 aliphatic carbocycles. The van der Waals surface area contributed by atoms with Gasteiger partial charge in [-0.05, 0) is 54.4 Å². The van der Waals surface area contributed by atoms with E-state index in [9.17, 15) is 0 Å². The summed E-state index contributed by atoms with van der Waals surface area (Å²) in [5.74, 6) is 3.46. The van der Waals surface area contributed by atoms with Gasteiger partial charge in [0.05, 0.1) is 24.7 Å². The number of benzene rings is 3. The van der Waals surface area contributed by atoms with Gasteiger partial charge in [0.2, 0.25) is 0 Å². The van der Waals surface area contributed by atoms with Crippen LogP contribution < -0.4 is 14.4 Å². The van der Waals surface area contributed by atoms with Gasteiger partial charge in [-0.15, -0.1) is 0 Å². The molecule has 0 radical (unpaired) electrons. The van der Waals surface area contributed by atoms with E-state index in [1.165, 1.54) is 0 Å². The molecule has 1 aliphatic rings. The maximum atomic E-state index is 6.10. The van der Waals surface area contributed by atoms with Crippen molar-refractivity contribution in [2.24, 2.45) is 0 Å². The van der Waals surface area contributed by atoms with Crippen LogP contribution in [0.15, 0.2) is 60.9 Å². The first-order chi connectivity index (χ1) is 16.2. The third-order valence-electron chi connectivity index (χ3n) is 6.10. The number of aryl methyl sites for hydroxylation is 1. The number of aromatic amines is 1. The van der Waals surface area contributed by atoms with Crippen molar-refractivity contribution in [3.05, 3.63) is 72.3 Å². The number of rotatable bonds is 3. The average Bonchev–Trinajstić information content (AvgIpc) is 3.09. The standard InChI is InChI=1S/C26H23N5O2/c1-16-29-21-8-6-18(13-22(21)30-16)17-7-9-23-19(12-17)14-31(10-11-33-23)26-20-4-3-5-24(32-2)25(20)27-15-28-26/h3-9,12-13,15H,10-11,14H2,1-2H3,(H,29,30). The Morgan fingerprint density at radius 3 is 2.82 bits per heavy atom. The van der Waals surface area contributed by atoms with Crippen LogP contribution in [0.2, 0.25) is 0 Å². The zero-order chi connectivity index (χ0) is 22.4. The minimum Gasteiger partial charge on any atom is -0.494 e. The number of methoxy groups -OCH3 is 1. The molecule has 164 valence electrons. The molecule has 0 atom stereocenters. The number of nitrogens with one attached hydrogen (secondary N) is 1. The first kappa shape index (κ1) is 19.5. The van der Waals surface area contributed by atoms with Gasteiger partial charge in [0, 0.05) is 17.5 Å². The summed E-state index contributed by atoms with van der Waals surface area (Å²) in [7, 11) is 1.66. The predicted molar refractivity (Wildman–Crippen MR) is 129 cm³/mol. The molecule has 2 aromatic heterocycles. The summed E-state index contributed by atoms with van der Waals surface area (Å²) in [6, 6.07) is 18.6. The molecule has 0 unspecified atom stereocenters. The highest BCUT2D eigenvalue weighted by molar-refractivity contribution is 5.93. The number of nitrogens with zero attached hydrogens (tertiary/aromatic N) is 4. The third kappa shape index (κ3) is 3.42. The van der Waals surface area contributed by atoms with Gasteiger partial charge in [0.25, 0.3) is 0 Å². The fraction of sp³-hybridized carbons (Fsp3) is 0.192. The van der Waals surface area contributed by atoms with Crippen LogP contribution in [0.1, 0.15) is 11.4 Å². The van der Waals surface area contributed by atoms with Crippen LogP contribution in [0.5, 0.6) is 11.5 Å². The minimum atomic E-state index is 0.585. The molecule has 7 nitrogen and oxygen atoms in total. The number of hydrogen-bond acceptors (Lipinski definition) is 6. The van der Waals surface area contributed by atoms with E-state index in [0.717, 1.165) is 68.3 Å². The number of aromatic nitrogens is 4. The number of hydrogen-bond donors (Lipinski definition) is 1. The summed E-state index contributed by atoms with van der Waals surface area (Å²) in [4.78, 5) is 19.2. The summed E-state index contributed by atoms with van der Waals surface area (Å²) in [5.41, 5.74) is 6.24. The minimum absolute atomic E-state index is 0.585. The van der Waals surface area contributed by atoms with Crippen molar-refractivity contribution in [1.29, 1.82) is 0 Å². The maximum Gasteiger partial charge on any atom is 0.145 e. The van der Waals surface area contributed by atoms with E-state index in [4.69, 9.17) is 9.47 Å². The molecule has 7 heteroatoms. The highest BCUT2D eigenvalue weighted by atomic mass is 16.5. The van der Waals surface area contributed by atoms with E-state index in [2.05, 4.69) is 61.2 Å². The number of anilines is 1. The van der Waals surface area contributed by atoms with Crippen LogP contribution in [0.4, 0.5) is 5.82 Å². The lowest BCUT2D eigenvalue weighted by molar-refractivity contribution is 0.331. The van der Waals surface area contributed by atoms with Gasteiger partial charge in [-0.2, -0.15) is 0 Å². The number of fused-ring (bicyclic) bond motifs is 3.